The molecule has 1 aromatic rings. The van der Waals surface area contributed by atoms with Crippen LogP contribution in [0.1, 0.15) is 6.42 Å². The van der Waals surface area contributed by atoms with Gasteiger partial charge in [0.1, 0.15) is 0 Å². The van der Waals surface area contributed by atoms with Crippen LogP contribution in [0.15, 0.2) is 18.2 Å². The number of carbonyl (C=O) groups is 2. The summed E-state index contributed by atoms with van der Waals surface area (Å²) >= 11 is 11.8. The lowest BCUT2D eigenvalue weighted by Crippen LogP contribution is -2.36. The van der Waals surface area contributed by atoms with Crippen LogP contribution in [0.5, 0.6) is 0 Å². The van der Waals surface area contributed by atoms with Gasteiger partial charge >= 0.3 is 0 Å². The van der Waals surface area contributed by atoms with Crippen LogP contribution in [0.4, 0.5) is 5.69 Å². The maximum Gasteiger partial charge on any atom is 0.238 e. The Balaban J connectivity index is 2.18. The molecule has 1 heterocycles. The zero-order chi connectivity index (χ0) is 15.8. The Labute approximate surface area is 132 Å². The van der Waals surface area contributed by atoms with Gasteiger partial charge < -0.3 is 4.90 Å². The maximum atomic E-state index is 12.0. The number of carbonyl (C=O) groups excluding carboxylic acids is 2. The minimum absolute atomic E-state index is 0.0640. The summed E-state index contributed by atoms with van der Waals surface area (Å²) in [4.78, 5) is 25.1. The highest BCUT2D eigenvalue weighted by molar-refractivity contribution is 7.89. The highest BCUT2D eigenvalue weighted by Crippen LogP contribution is 2.30. The molecule has 2 rings (SSSR count). The smallest absolute Gasteiger partial charge is 0.238 e. The Kier molecular flexibility index (Phi) is 4.46. The van der Waals surface area contributed by atoms with Crippen molar-refractivity contribution < 1.29 is 18.0 Å². The largest absolute Gasteiger partial charge is 0.311 e. The lowest BCUT2D eigenvalue weighted by Gasteiger charge is -2.17. The van der Waals surface area contributed by atoms with Crippen LogP contribution in [0.2, 0.25) is 10.0 Å². The Bertz CT molecular complexity index is 685. The Hall–Kier alpha value is -1.31. The van der Waals surface area contributed by atoms with E-state index in [1.807, 2.05) is 4.72 Å². The third-order valence-electron chi connectivity index (χ3n) is 2.94. The highest BCUT2D eigenvalue weighted by Gasteiger charge is 2.36. The van der Waals surface area contributed by atoms with Crippen LogP contribution < -0.4 is 9.62 Å². The number of amides is 2. The molecule has 1 aliphatic heterocycles. The first-order valence-electron chi connectivity index (χ1n) is 5.94. The number of nitrogens with zero attached hydrogens (tertiary/aromatic N) is 1. The fourth-order valence-corrected chi connectivity index (χ4v) is 3.14. The normalized spacial score (nSPS) is 18.9. The minimum atomic E-state index is -3.65. The lowest BCUT2D eigenvalue weighted by atomic mass is 10.1. The molecular weight excluding hydrogens is 339 g/mol. The quantitative estimate of drug-likeness (QED) is 0.893. The van der Waals surface area contributed by atoms with E-state index in [2.05, 4.69) is 0 Å². The van der Waals surface area contributed by atoms with Crippen LogP contribution in [0.25, 0.3) is 0 Å². The topological polar surface area (TPSA) is 83.5 Å². The maximum absolute atomic E-state index is 12.0. The summed E-state index contributed by atoms with van der Waals surface area (Å²) in [5, 5.41) is 0.740. The molecule has 1 saturated heterocycles. The average molecular weight is 351 g/mol. The third-order valence-corrected chi connectivity index (χ3v) is 3.95. The number of halogens is 2. The van der Waals surface area contributed by atoms with E-state index < -0.39 is 21.8 Å². The number of nitrogens with one attached hydrogen (secondary N) is 1. The lowest BCUT2D eigenvalue weighted by molar-refractivity contribution is -0.124. The molecule has 114 valence electrons. The summed E-state index contributed by atoms with van der Waals surface area (Å²) < 4.78 is 24.0. The van der Waals surface area contributed by atoms with Gasteiger partial charge in [0.2, 0.25) is 21.8 Å². The van der Waals surface area contributed by atoms with E-state index in [-0.39, 0.29) is 18.9 Å². The van der Waals surface area contributed by atoms with Gasteiger partial charge in [-0.3, -0.25) is 14.3 Å². The van der Waals surface area contributed by atoms with Crippen molar-refractivity contribution in [1.82, 2.24) is 4.72 Å². The van der Waals surface area contributed by atoms with E-state index in [1.54, 1.807) is 12.1 Å². The monoisotopic (exact) mass is 350 g/mol. The molecule has 0 aromatic heterocycles. The molecule has 0 saturated carbocycles. The van der Waals surface area contributed by atoms with Crippen LogP contribution in [-0.4, -0.2) is 33.0 Å². The summed E-state index contributed by atoms with van der Waals surface area (Å²) in [5.74, 6) is -1.71. The van der Waals surface area contributed by atoms with E-state index in [0.29, 0.717) is 15.7 Å². The standard InChI is InChI=1S/C12H12Cl2N2O4S/c1-21(19,20)15-12(18)7-2-11(17)16(6-7)10-4-8(13)3-9(14)5-10/h3-5,7H,2,6H2,1H3,(H,15,18). The number of rotatable bonds is 3. The van der Waals surface area contributed by atoms with Crippen molar-refractivity contribution >= 4 is 50.7 Å². The summed E-state index contributed by atoms with van der Waals surface area (Å²) in [6.45, 7) is 0.0802. The first-order valence-corrected chi connectivity index (χ1v) is 8.58. The molecule has 6 nitrogen and oxygen atoms in total. The third kappa shape index (κ3) is 4.09. The molecule has 1 fully saturated rings. The second-order valence-electron chi connectivity index (χ2n) is 4.77. The molecule has 0 spiro atoms. The van der Waals surface area contributed by atoms with Gasteiger partial charge in [-0.05, 0) is 18.2 Å². The van der Waals surface area contributed by atoms with Gasteiger partial charge in [-0.2, -0.15) is 0 Å². The molecule has 1 N–H and O–H groups in total. The van der Waals surface area contributed by atoms with Gasteiger partial charge in [0.05, 0.1) is 12.2 Å². The Morgan fingerprint density at radius 2 is 1.86 bits per heavy atom. The molecule has 0 aliphatic carbocycles. The van der Waals surface area contributed by atoms with Crippen molar-refractivity contribution in [2.24, 2.45) is 5.92 Å². The van der Waals surface area contributed by atoms with Gasteiger partial charge in [0.25, 0.3) is 0 Å². The zero-order valence-corrected chi connectivity index (χ0v) is 13.3. The molecule has 0 bridgehead atoms. The van der Waals surface area contributed by atoms with Crippen molar-refractivity contribution in [2.45, 2.75) is 6.42 Å². The highest BCUT2D eigenvalue weighted by atomic mass is 35.5. The fourth-order valence-electron chi connectivity index (χ4n) is 2.09. The molecule has 1 unspecified atom stereocenters. The summed E-state index contributed by atoms with van der Waals surface area (Å²) in [7, 11) is -3.65. The summed E-state index contributed by atoms with van der Waals surface area (Å²) in [5.41, 5.74) is 0.479. The second-order valence-corrected chi connectivity index (χ2v) is 7.39. The first kappa shape index (κ1) is 16.1. The van der Waals surface area contributed by atoms with Crippen molar-refractivity contribution in [3.05, 3.63) is 28.2 Å². The van der Waals surface area contributed by atoms with Crippen molar-refractivity contribution in [3.63, 3.8) is 0 Å². The van der Waals surface area contributed by atoms with E-state index in [1.165, 1.54) is 11.0 Å². The SMILES string of the molecule is CS(=O)(=O)NC(=O)C1CC(=O)N(c2cc(Cl)cc(Cl)c2)C1. The van der Waals surface area contributed by atoms with Gasteiger partial charge in [0.15, 0.2) is 0 Å². The molecule has 0 radical (unpaired) electrons. The second kappa shape index (κ2) is 5.82. The predicted octanol–water partition coefficient (Wildman–Crippen LogP) is 1.42. The first-order chi connectivity index (χ1) is 9.65. The zero-order valence-electron chi connectivity index (χ0n) is 11.0. The van der Waals surface area contributed by atoms with E-state index >= 15 is 0 Å². The van der Waals surface area contributed by atoms with E-state index in [4.69, 9.17) is 23.2 Å². The molecular formula is C12H12Cl2N2O4S. The van der Waals surface area contributed by atoms with Crippen LogP contribution >= 0.6 is 23.2 Å². The Morgan fingerprint density at radius 1 is 1.29 bits per heavy atom. The van der Waals surface area contributed by atoms with Crippen molar-refractivity contribution in [3.8, 4) is 0 Å². The van der Waals surface area contributed by atoms with E-state index in [0.717, 1.165) is 6.26 Å². The predicted molar refractivity (Wildman–Crippen MR) is 79.9 cm³/mol. The van der Waals surface area contributed by atoms with Crippen molar-refractivity contribution in [1.29, 1.82) is 0 Å². The fraction of sp³-hybridized carbons (Fsp3) is 0.333. The molecule has 1 atom stereocenters. The number of hydrogen-bond acceptors (Lipinski definition) is 4. The minimum Gasteiger partial charge on any atom is -0.311 e. The van der Waals surface area contributed by atoms with Crippen molar-refractivity contribution in [2.75, 3.05) is 17.7 Å². The van der Waals surface area contributed by atoms with Gasteiger partial charge in [0, 0.05) is 28.7 Å². The number of anilines is 1. The summed E-state index contributed by atoms with van der Waals surface area (Å²) in [6.07, 6.45) is 0.821. The molecule has 1 aliphatic rings. The van der Waals surface area contributed by atoms with Crippen LogP contribution in [0.3, 0.4) is 0 Å². The average Bonchev–Trinajstić information content (AvgIpc) is 2.68. The number of sulfonamides is 1. The Morgan fingerprint density at radius 3 is 2.38 bits per heavy atom. The molecule has 2 amide bonds. The van der Waals surface area contributed by atoms with Gasteiger partial charge in [-0.25, -0.2) is 8.42 Å². The molecule has 9 heteroatoms. The molecule has 1 aromatic carbocycles. The van der Waals surface area contributed by atoms with Crippen LogP contribution in [0, 0.1) is 5.92 Å². The van der Waals surface area contributed by atoms with Gasteiger partial charge in [-0.1, -0.05) is 23.2 Å². The summed E-state index contributed by atoms with van der Waals surface area (Å²) in [6, 6.07) is 4.64. The number of benzene rings is 1. The number of hydrogen-bond donors (Lipinski definition) is 1. The van der Waals surface area contributed by atoms with E-state index in [9.17, 15) is 18.0 Å². The van der Waals surface area contributed by atoms with Gasteiger partial charge in [-0.15, -0.1) is 0 Å². The van der Waals surface area contributed by atoms with Crippen LogP contribution in [-0.2, 0) is 19.6 Å². The molecule has 21 heavy (non-hydrogen) atoms.